The van der Waals surface area contributed by atoms with E-state index in [2.05, 4.69) is 40.1 Å². The van der Waals surface area contributed by atoms with Gasteiger partial charge >= 0.3 is 0 Å². The summed E-state index contributed by atoms with van der Waals surface area (Å²) in [4.78, 5) is 17.1. The van der Waals surface area contributed by atoms with Gasteiger partial charge in [-0.05, 0) is 59.7 Å². The zero-order chi connectivity index (χ0) is 14.8. The van der Waals surface area contributed by atoms with Crippen molar-refractivity contribution in [2.45, 2.75) is 52.9 Å². The molecule has 0 bridgehead atoms. The number of pyridine rings is 1. The molecule has 20 heavy (non-hydrogen) atoms. The zero-order valence-corrected chi connectivity index (χ0v) is 14.1. The molecule has 1 N–H and O–H groups in total. The number of aryl methyl sites for hydroxylation is 1. The van der Waals surface area contributed by atoms with Crippen LogP contribution in [0, 0.1) is 18.3 Å². The van der Waals surface area contributed by atoms with Crippen molar-refractivity contribution in [3.8, 4) is 0 Å². The van der Waals surface area contributed by atoms with Gasteiger partial charge in [-0.1, -0.05) is 26.7 Å². The average molecular weight is 339 g/mol. The summed E-state index contributed by atoms with van der Waals surface area (Å²) in [5.41, 5.74) is 0.806. The monoisotopic (exact) mass is 338 g/mol. The number of hydrogen-bond donors (Lipinski definition) is 1. The van der Waals surface area contributed by atoms with E-state index in [0.29, 0.717) is 11.7 Å². The van der Waals surface area contributed by atoms with E-state index in [1.54, 1.807) is 6.20 Å². The minimum atomic E-state index is -0.185. The molecule has 3 nitrogen and oxygen atoms in total. The van der Waals surface area contributed by atoms with Gasteiger partial charge in [0.2, 0.25) is 5.91 Å². The first kappa shape index (κ1) is 15.5. The molecule has 0 saturated heterocycles. The summed E-state index contributed by atoms with van der Waals surface area (Å²) in [6.07, 6.45) is 7.03. The van der Waals surface area contributed by atoms with Crippen LogP contribution in [0.1, 0.15) is 51.5 Å². The Balaban J connectivity index is 2.16. The summed E-state index contributed by atoms with van der Waals surface area (Å²) < 4.78 is 0.936. The highest BCUT2D eigenvalue weighted by atomic mass is 79.9. The Morgan fingerprint density at radius 3 is 2.65 bits per heavy atom. The van der Waals surface area contributed by atoms with Crippen LogP contribution >= 0.6 is 15.9 Å². The van der Waals surface area contributed by atoms with Crippen LogP contribution in [0.4, 0.5) is 5.82 Å². The summed E-state index contributed by atoms with van der Waals surface area (Å²) in [5.74, 6) is 1.38. The van der Waals surface area contributed by atoms with Crippen molar-refractivity contribution in [1.82, 2.24) is 4.98 Å². The lowest BCUT2D eigenvalue weighted by Gasteiger charge is -2.29. The largest absolute Gasteiger partial charge is 0.310 e. The molecule has 110 valence electrons. The number of anilines is 1. The highest BCUT2D eigenvalue weighted by molar-refractivity contribution is 9.10. The van der Waals surface area contributed by atoms with Crippen molar-refractivity contribution in [2.75, 3.05) is 5.32 Å². The van der Waals surface area contributed by atoms with Gasteiger partial charge in [-0.2, -0.15) is 0 Å². The lowest BCUT2D eigenvalue weighted by molar-refractivity contribution is -0.126. The van der Waals surface area contributed by atoms with Gasteiger partial charge in [0.1, 0.15) is 5.82 Å². The first-order valence-corrected chi connectivity index (χ1v) is 8.16. The lowest BCUT2D eigenvalue weighted by Crippen LogP contribution is -2.35. The van der Waals surface area contributed by atoms with Gasteiger partial charge in [0.15, 0.2) is 0 Å². The number of halogens is 1. The molecule has 0 atom stereocenters. The molecule has 1 amide bonds. The molecule has 1 heterocycles. The molecule has 0 spiro atoms. The molecule has 4 heteroatoms. The fourth-order valence-corrected chi connectivity index (χ4v) is 3.71. The van der Waals surface area contributed by atoms with Crippen molar-refractivity contribution >= 4 is 27.7 Å². The fraction of sp³-hybridized carbons (Fsp3) is 0.625. The molecular formula is C16H23BrN2O. The Morgan fingerprint density at radius 1 is 1.45 bits per heavy atom. The fourth-order valence-electron chi connectivity index (χ4n) is 3.27. The molecule has 1 aliphatic rings. The van der Waals surface area contributed by atoms with E-state index in [1.165, 1.54) is 0 Å². The third-order valence-electron chi connectivity index (χ3n) is 4.12. The highest BCUT2D eigenvalue weighted by Crippen LogP contribution is 2.44. The number of carbonyl (C=O) groups excluding carboxylic acids is 1. The standard InChI is InChI=1S/C16H23BrN2O/c1-11(2)9-16(6-4-5-7-16)15(20)19-14-12(3)8-13(17)10-18-14/h8,10-11H,4-7,9H2,1-3H3,(H,18,19,20). The van der Waals surface area contributed by atoms with Gasteiger partial charge in [-0.3, -0.25) is 4.79 Å². The maximum atomic E-state index is 12.7. The molecule has 2 rings (SSSR count). The van der Waals surface area contributed by atoms with Crippen molar-refractivity contribution < 1.29 is 4.79 Å². The van der Waals surface area contributed by atoms with Crippen LogP contribution in [0.25, 0.3) is 0 Å². The predicted molar refractivity (Wildman–Crippen MR) is 85.7 cm³/mol. The van der Waals surface area contributed by atoms with E-state index < -0.39 is 0 Å². The van der Waals surface area contributed by atoms with E-state index in [4.69, 9.17) is 0 Å². The first-order chi connectivity index (χ1) is 9.43. The van der Waals surface area contributed by atoms with Crippen LogP contribution in [0.2, 0.25) is 0 Å². The van der Waals surface area contributed by atoms with Crippen molar-refractivity contribution in [1.29, 1.82) is 0 Å². The van der Waals surface area contributed by atoms with E-state index in [1.807, 2.05) is 13.0 Å². The number of rotatable bonds is 4. The zero-order valence-electron chi connectivity index (χ0n) is 12.5. The first-order valence-electron chi connectivity index (χ1n) is 7.36. The van der Waals surface area contributed by atoms with E-state index in [0.717, 1.165) is 42.1 Å². The quantitative estimate of drug-likeness (QED) is 0.864. The van der Waals surface area contributed by atoms with Gasteiger partial charge in [0.05, 0.1) is 0 Å². The average Bonchev–Trinajstić information content (AvgIpc) is 2.81. The maximum absolute atomic E-state index is 12.7. The van der Waals surface area contributed by atoms with Crippen molar-refractivity contribution in [3.63, 3.8) is 0 Å². The highest BCUT2D eigenvalue weighted by Gasteiger charge is 2.41. The Kier molecular flexibility index (Phi) is 4.84. The Morgan fingerprint density at radius 2 is 2.10 bits per heavy atom. The minimum Gasteiger partial charge on any atom is -0.310 e. The van der Waals surface area contributed by atoms with E-state index in [-0.39, 0.29) is 11.3 Å². The molecule has 0 unspecified atom stereocenters. The van der Waals surface area contributed by atoms with Gasteiger partial charge in [-0.15, -0.1) is 0 Å². The number of nitrogens with zero attached hydrogens (tertiary/aromatic N) is 1. The van der Waals surface area contributed by atoms with Gasteiger partial charge in [0.25, 0.3) is 0 Å². The van der Waals surface area contributed by atoms with Crippen LogP contribution in [-0.4, -0.2) is 10.9 Å². The summed E-state index contributed by atoms with van der Waals surface area (Å²) in [5, 5.41) is 3.05. The van der Waals surface area contributed by atoms with Crippen LogP contribution in [0.15, 0.2) is 16.7 Å². The summed E-state index contributed by atoms with van der Waals surface area (Å²) in [6.45, 7) is 6.35. The van der Waals surface area contributed by atoms with Crippen LogP contribution in [0.5, 0.6) is 0 Å². The Labute approximate surface area is 129 Å². The van der Waals surface area contributed by atoms with Crippen molar-refractivity contribution in [2.24, 2.45) is 11.3 Å². The third kappa shape index (κ3) is 3.40. The van der Waals surface area contributed by atoms with Crippen LogP contribution in [-0.2, 0) is 4.79 Å². The summed E-state index contributed by atoms with van der Waals surface area (Å²) in [6, 6.07) is 1.98. The lowest BCUT2D eigenvalue weighted by atomic mass is 9.77. The number of amides is 1. The summed E-state index contributed by atoms with van der Waals surface area (Å²) >= 11 is 3.40. The predicted octanol–water partition coefficient (Wildman–Crippen LogP) is 4.70. The SMILES string of the molecule is Cc1cc(Br)cnc1NC(=O)C1(CC(C)C)CCCC1. The smallest absolute Gasteiger partial charge is 0.231 e. The molecule has 1 saturated carbocycles. The number of carbonyl (C=O) groups is 1. The number of aromatic nitrogens is 1. The molecule has 1 aromatic heterocycles. The summed E-state index contributed by atoms with van der Waals surface area (Å²) in [7, 11) is 0. The third-order valence-corrected chi connectivity index (χ3v) is 4.55. The second kappa shape index (κ2) is 6.25. The molecule has 0 aliphatic heterocycles. The van der Waals surface area contributed by atoms with Crippen LogP contribution < -0.4 is 5.32 Å². The molecule has 0 aromatic carbocycles. The topological polar surface area (TPSA) is 42.0 Å². The van der Waals surface area contributed by atoms with E-state index >= 15 is 0 Å². The molecular weight excluding hydrogens is 316 g/mol. The van der Waals surface area contributed by atoms with E-state index in [9.17, 15) is 4.79 Å². The molecule has 0 radical (unpaired) electrons. The molecule has 1 fully saturated rings. The minimum absolute atomic E-state index is 0.154. The normalized spacial score (nSPS) is 17.4. The second-order valence-electron chi connectivity index (χ2n) is 6.36. The number of nitrogens with one attached hydrogen (secondary N) is 1. The Hall–Kier alpha value is -0.900. The van der Waals surface area contributed by atoms with Crippen molar-refractivity contribution in [3.05, 3.63) is 22.3 Å². The van der Waals surface area contributed by atoms with Gasteiger partial charge < -0.3 is 5.32 Å². The van der Waals surface area contributed by atoms with Gasteiger partial charge in [-0.25, -0.2) is 4.98 Å². The number of hydrogen-bond acceptors (Lipinski definition) is 2. The Bertz CT molecular complexity index is 493. The second-order valence-corrected chi connectivity index (χ2v) is 7.27. The maximum Gasteiger partial charge on any atom is 0.231 e. The van der Waals surface area contributed by atoms with Crippen LogP contribution in [0.3, 0.4) is 0 Å². The molecule has 1 aromatic rings. The van der Waals surface area contributed by atoms with Gasteiger partial charge in [0, 0.05) is 16.1 Å². The molecule has 1 aliphatic carbocycles.